The van der Waals surface area contributed by atoms with Crippen LogP contribution in [0, 0.1) is 0 Å². The molecule has 1 aromatic rings. The van der Waals surface area contributed by atoms with Crippen LogP contribution in [0.1, 0.15) is 18.9 Å². The van der Waals surface area contributed by atoms with Gasteiger partial charge in [-0.05, 0) is 31.0 Å². The highest BCUT2D eigenvalue weighted by atomic mass is 35.5. The first-order valence-corrected chi connectivity index (χ1v) is 9.11. The Morgan fingerprint density at radius 1 is 1.24 bits per heavy atom. The zero-order valence-corrected chi connectivity index (χ0v) is 15.4. The van der Waals surface area contributed by atoms with Crippen LogP contribution in [0.25, 0.3) is 0 Å². The molecule has 1 aliphatic rings. The van der Waals surface area contributed by atoms with Gasteiger partial charge in [-0.2, -0.15) is 0 Å². The van der Waals surface area contributed by atoms with Gasteiger partial charge < -0.3 is 15.0 Å². The van der Waals surface area contributed by atoms with Gasteiger partial charge in [0.25, 0.3) is 0 Å². The molecule has 1 heterocycles. The number of nitrogens with zero attached hydrogens (tertiary/aromatic N) is 2. The fraction of sp³-hybridized carbons (Fsp3) is 0.556. The van der Waals surface area contributed by atoms with Gasteiger partial charge in [0.2, 0.25) is 5.91 Å². The maximum absolute atomic E-state index is 12.0. The lowest BCUT2D eigenvalue weighted by Gasteiger charge is -2.33. The summed E-state index contributed by atoms with van der Waals surface area (Å²) < 4.78 is 5.00. The second-order valence-electron chi connectivity index (χ2n) is 6.01. The SMILES string of the molecule is CCOC(=O)N1CCN(CCC(=O)NCCc2cccc(Cl)c2)CC1. The van der Waals surface area contributed by atoms with E-state index in [1.807, 2.05) is 24.3 Å². The summed E-state index contributed by atoms with van der Waals surface area (Å²) in [5.41, 5.74) is 1.11. The average Bonchev–Trinajstić information content (AvgIpc) is 2.61. The van der Waals surface area contributed by atoms with Crippen molar-refractivity contribution in [2.24, 2.45) is 0 Å². The Hall–Kier alpha value is -1.79. The minimum atomic E-state index is -0.249. The van der Waals surface area contributed by atoms with E-state index in [1.165, 1.54) is 0 Å². The zero-order chi connectivity index (χ0) is 18.1. The molecular weight excluding hydrogens is 342 g/mol. The third kappa shape index (κ3) is 6.92. The summed E-state index contributed by atoms with van der Waals surface area (Å²) in [6, 6.07) is 7.67. The molecule has 138 valence electrons. The predicted octanol–water partition coefficient (Wildman–Crippen LogP) is 2.16. The number of rotatable bonds is 7. The predicted molar refractivity (Wildman–Crippen MR) is 97.8 cm³/mol. The van der Waals surface area contributed by atoms with Crippen molar-refractivity contribution in [3.63, 3.8) is 0 Å². The fourth-order valence-corrected chi connectivity index (χ4v) is 2.97. The third-order valence-electron chi connectivity index (χ3n) is 4.18. The van der Waals surface area contributed by atoms with Crippen molar-refractivity contribution in [1.29, 1.82) is 0 Å². The summed E-state index contributed by atoms with van der Waals surface area (Å²) in [5, 5.41) is 3.65. The van der Waals surface area contributed by atoms with Gasteiger partial charge in [-0.25, -0.2) is 4.79 Å². The number of hydrogen-bond donors (Lipinski definition) is 1. The molecule has 0 aliphatic carbocycles. The number of halogens is 1. The molecule has 0 radical (unpaired) electrons. The van der Waals surface area contributed by atoms with Gasteiger partial charge in [-0.15, -0.1) is 0 Å². The molecule has 1 N–H and O–H groups in total. The summed E-state index contributed by atoms with van der Waals surface area (Å²) in [6.07, 6.45) is 0.986. The largest absolute Gasteiger partial charge is 0.450 e. The Labute approximate surface area is 154 Å². The minimum Gasteiger partial charge on any atom is -0.450 e. The van der Waals surface area contributed by atoms with Crippen LogP contribution in [0.3, 0.4) is 0 Å². The molecule has 0 atom stereocenters. The van der Waals surface area contributed by atoms with Crippen LogP contribution >= 0.6 is 11.6 Å². The molecule has 0 aromatic heterocycles. The third-order valence-corrected chi connectivity index (χ3v) is 4.41. The highest BCUT2D eigenvalue weighted by molar-refractivity contribution is 6.30. The van der Waals surface area contributed by atoms with Crippen molar-refractivity contribution >= 4 is 23.6 Å². The van der Waals surface area contributed by atoms with E-state index in [-0.39, 0.29) is 12.0 Å². The van der Waals surface area contributed by atoms with Gasteiger partial charge >= 0.3 is 6.09 Å². The second kappa shape index (κ2) is 10.3. The molecule has 0 saturated carbocycles. The standard InChI is InChI=1S/C18H26ClN3O3/c1-2-25-18(24)22-12-10-21(11-13-22)9-7-17(23)20-8-6-15-4-3-5-16(19)14-15/h3-5,14H,2,6-13H2,1H3,(H,20,23). The first-order chi connectivity index (χ1) is 12.1. The number of carbonyl (C=O) groups excluding carboxylic acids is 2. The van der Waals surface area contributed by atoms with Crippen molar-refractivity contribution < 1.29 is 14.3 Å². The Balaban J connectivity index is 1.59. The van der Waals surface area contributed by atoms with E-state index in [9.17, 15) is 9.59 Å². The number of hydrogen-bond acceptors (Lipinski definition) is 4. The summed E-state index contributed by atoms with van der Waals surface area (Å²) in [5.74, 6) is 0.0508. The smallest absolute Gasteiger partial charge is 0.409 e. The summed E-state index contributed by atoms with van der Waals surface area (Å²) >= 11 is 5.94. The van der Waals surface area contributed by atoms with Gasteiger partial charge in [-0.1, -0.05) is 23.7 Å². The van der Waals surface area contributed by atoms with E-state index in [4.69, 9.17) is 16.3 Å². The quantitative estimate of drug-likeness (QED) is 0.802. The van der Waals surface area contributed by atoms with Gasteiger partial charge in [0.15, 0.2) is 0 Å². The zero-order valence-electron chi connectivity index (χ0n) is 14.7. The van der Waals surface area contributed by atoms with E-state index < -0.39 is 0 Å². The summed E-state index contributed by atoms with van der Waals surface area (Å²) in [7, 11) is 0. The van der Waals surface area contributed by atoms with Crippen LogP contribution in [0.5, 0.6) is 0 Å². The van der Waals surface area contributed by atoms with E-state index in [0.717, 1.165) is 25.1 Å². The van der Waals surface area contributed by atoms with Crippen molar-refractivity contribution in [3.05, 3.63) is 34.9 Å². The molecule has 0 spiro atoms. The minimum absolute atomic E-state index is 0.0508. The number of amides is 2. The van der Waals surface area contributed by atoms with Gasteiger partial charge in [0, 0.05) is 50.7 Å². The molecule has 25 heavy (non-hydrogen) atoms. The summed E-state index contributed by atoms with van der Waals surface area (Å²) in [6.45, 7) is 6.36. The monoisotopic (exact) mass is 367 g/mol. The number of nitrogens with one attached hydrogen (secondary N) is 1. The molecule has 1 saturated heterocycles. The van der Waals surface area contributed by atoms with Crippen LogP contribution in [-0.4, -0.2) is 67.7 Å². The molecule has 7 heteroatoms. The first-order valence-electron chi connectivity index (χ1n) is 8.73. The number of benzene rings is 1. The maximum Gasteiger partial charge on any atom is 0.409 e. The van der Waals surface area contributed by atoms with Crippen LogP contribution in [0.2, 0.25) is 5.02 Å². The Kier molecular flexibility index (Phi) is 8.01. The van der Waals surface area contributed by atoms with Crippen LogP contribution in [0.4, 0.5) is 4.79 Å². The van der Waals surface area contributed by atoms with E-state index >= 15 is 0 Å². The molecule has 6 nitrogen and oxygen atoms in total. The fourth-order valence-electron chi connectivity index (χ4n) is 2.76. The lowest BCUT2D eigenvalue weighted by atomic mass is 10.1. The second-order valence-corrected chi connectivity index (χ2v) is 6.44. The van der Waals surface area contributed by atoms with E-state index in [0.29, 0.717) is 44.2 Å². The number of ether oxygens (including phenoxy) is 1. The molecule has 0 bridgehead atoms. The Morgan fingerprint density at radius 3 is 2.68 bits per heavy atom. The van der Waals surface area contributed by atoms with Gasteiger partial charge in [0.1, 0.15) is 0 Å². The molecule has 2 rings (SSSR count). The normalized spacial score (nSPS) is 15.0. The van der Waals surface area contributed by atoms with Crippen molar-refractivity contribution in [1.82, 2.24) is 15.1 Å². The number of piperazine rings is 1. The van der Waals surface area contributed by atoms with E-state index in [2.05, 4.69) is 10.2 Å². The average molecular weight is 368 g/mol. The molecule has 0 unspecified atom stereocenters. The number of carbonyl (C=O) groups is 2. The topological polar surface area (TPSA) is 61.9 Å². The first kappa shape index (κ1) is 19.5. The van der Waals surface area contributed by atoms with Crippen molar-refractivity contribution in [3.8, 4) is 0 Å². The highest BCUT2D eigenvalue weighted by Crippen LogP contribution is 2.10. The molecular formula is C18H26ClN3O3. The maximum atomic E-state index is 12.0. The highest BCUT2D eigenvalue weighted by Gasteiger charge is 2.21. The van der Waals surface area contributed by atoms with Crippen molar-refractivity contribution in [2.75, 3.05) is 45.9 Å². The van der Waals surface area contributed by atoms with Crippen LogP contribution < -0.4 is 5.32 Å². The summed E-state index contributed by atoms with van der Waals surface area (Å²) in [4.78, 5) is 27.5. The van der Waals surface area contributed by atoms with Crippen molar-refractivity contribution in [2.45, 2.75) is 19.8 Å². The lowest BCUT2D eigenvalue weighted by Crippen LogP contribution is -2.49. The molecule has 1 aliphatic heterocycles. The Bertz CT molecular complexity index is 574. The Morgan fingerprint density at radius 2 is 2.00 bits per heavy atom. The van der Waals surface area contributed by atoms with Gasteiger partial charge in [0.05, 0.1) is 6.61 Å². The van der Waals surface area contributed by atoms with Crippen LogP contribution in [-0.2, 0) is 16.0 Å². The van der Waals surface area contributed by atoms with Crippen LogP contribution in [0.15, 0.2) is 24.3 Å². The van der Waals surface area contributed by atoms with E-state index in [1.54, 1.807) is 11.8 Å². The molecule has 1 aromatic carbocycles. The molecule has 2 amide bonds. The van der Waals surface area contributed by atoms with Gasteiger partial charge in [-0.3, -0.25) is 9.69 Å². The molecule has 1 fully saturated rings. The lowest BCUT2D eigenvalue weighted by molar-refractivity contribution is -0.121.